The maximum atomic E-state index is 13.3. The topological polar surface area (TPSA) is 85.6 Å². The number of Topliss-reactive ketones (excluding diaryl/α,β-unsaturated/α-hetero) is 1. The molecule has 166 valence electrons. The summed E-state index contributed by atoms with van der Waals surface area (Å²) >= 11 is 0. The van der Waals surface area contributed by atoms with Gasteiger partial charge in [-0.3, -0.25) is 14.4 Å². The van der Waals surface area contributed by atoms with Crippen molar-refractivity contribution in [3.05, 3.63) is 94.1 Å². The molecule has 0 saturated heterocycles. The Hall–Kier alpha value is -4.19. The van der Waals surface area contributed by atoms with Crippen LogP contribution >= 0.6 is 0 Å². The number of nitrogens with one attached hydrogen (secondary N) is 1. The number of hydrogen-bond acceptors (Lipinski definition) is 5. The summed E-state index contributed by atoms with van der Waals surface area (Å²) in [5.41, 5.74) is 2.89. The van der Waals surface area contributed by atoms with Crippen molar-refractivity contribution in [2.45, 2.75) is 26.9 Å². The molecule has 0 fully saturated rings. The number of carbonyl (C=O) groups is 2. The van der Waals surface area contributed by atoms with Crippen LogP contribution in [0.4, 0.5) is 5.69 Å². The second-order valence-corrected chi connectivity index (χ2v) is 7.83. The maximum Gasteiger partial charge on any atom is 0.265 e. The molecule has 4 aromatic rings. The van der Waals surface area contributed by atoms with E-state index in [0.29, 0.717) is 27.8 Å². The highest BCUT2D eigenvalue weighted by atomic mass is 16.5. The number of fused-ring (bicyclic) bond motifs is 1. The van der Waals surface area contributed by atoms with Crippen molar-refractivity contribution >= 4 is 28.3 Å². The van der Waals surface area contributed by atoms with E-state index in [9.17, 15) is 14.4 Å². The lowest BCUT2D eigenvalue weighted by atomic mass is 10.1. The van der Waals surface area contributed by atoms with Crippen molar-refractivity contribution in [3.8, 4) is 17.1 Å². The van der Waals surface area contributed by atoms with Gasteiger partial charge in [0.2, 0.25) is 11.2 Å². The highest BCUT2D eigenvalue weighted by molar-refractivity contribution is 5.97. The van der Waals surface area contributed by atoms with Gasteiger partial charge in [0.25, 0.3) is 5.91 Å². The summed E-state index contributed by atoms with van der Waals surface area (Å²) in [5, 5.41) is 3.11. The van der Waals surface area contributed by atoms with Crippen molar-refractivity contribution in [1.29, 1.82) is 0 Å². The van der Waals surface area contributed by atoms with Crippen molar-refractivity contribution < 1.29 is 18.7 Å². The number of anilines is 1. The monoisotopic (exact) mass is 441 g/mol. The maximum absolute atomic E-state index is 13.3. The molecule has 3 aromatic carbocycles. The van der Waals surface area contributed by atoms with Crippen LogP contribution in [0.2, 0.25) is 0 Å². The zero-order valence-corrected chi connectivity index (χ0v) is 18.5. The summed E-state index contributed by atoms with van der Waals surface area (Å²) in [5.74, 6) is -0.250. The second kappa shape index (κ2) is 9.12. The van der Waals surface area contributed by atoms with Crippen LogP contribution in [0.15, 0.2) is 82.0 Å². The molecule has 0 spiro atoms. The number of amides is 1. The number of benzene rings is 3. The Labute approximate surface area is 190 Å². The van der Waals surface area contributed by atoms with Gasteiger partial charge in [-0.1, -0.05) is 42.0 Å². The van der Waals surface area contributed by atoms with Gasteiger partial charge in [-0.15, -0.1) is 0 Å². The van der Waals surface area contributed by atoms with Gasteiger partial charge < -0.3 is 14.5 Å². The van der Waals surface area contributed by atoms with Gasteiger partial charge >= 0.3 is 0 Å². The predicted molar refractivity (Wildman–Crippen MR) is 128 cm³/mol. The fraction of sp³-hybridized carbons (Fsp3) is 0.148. The Morgan fingerprint density at radius 1 is 0.939 bits per heavy atom. The molecule has 0 aliphatic heterocycles. The molecule has 6 heteroatoms. The van der Waals surface area contributed by atoms with E-state index in [-0.39, 0.29) is 22.7 Å². The molecule has 1 heterocycles. The van der Waals surface area contributed by atoms with Crippen LogP contribution in [0, 0.1) is 6.92 Å². The molecule has 0 radical (unpaired) electrons. The minimum atomic E-state index is -0.981. The van der Waals surface area contributed by atoms with Gasteiger partial charge in [0.15, 0.2) is 17.6 Å². The number of carbonyl (C=O) groups excluding carboxylic acids is 2. The average molecular weight is 441 g/mol. The van der Waals surface area contributed by atoms with Crippen molar-refractivity contribution in [2.24, 2.45) is 0 Å². The van der Waals surface area contributed by atoms with E-state index in [1.807, 2.05) is 31.2 Å². The first-order chi connectivity index (χ1) is 15.8. The largest absolute Gasteiger partial charge is 0.473 e. The van der Waals surface area contributed by atoms with Crippen molar-refractivity contribution in [2.75, 3.05) is 5.32 Å². The fourth-order valence-electron chi connectivity index (χ4n) is 3.39. The Morgan fingerprint density at radius 2 is 1.61 bits per heavy atom. The number of ketones is 1. The summed E-state index contributed by atoms with van der Waals surface area (Å²) < 4.78 is 11.9. The summed E-state index contributed by atoms with van der Waals surface area (Å²) in [7, 11) is 0. The first-order valence-corrected chi connectivity index (χ1v) is 10.5. The van der Waals surface area contributed by atoms with Crippen LogP contribution in [0.5, 0.6) is 5.75 Å². The van der Waals surface area contributed by atoms with Gasteiger partial charge in [0.05, 0.1) is 5.39 Å². The molecule has 1 atom stereocenters. The smallest absolute Gasteiger partial charge is 0.265 e. The highest BCUT2D eigenvalue weighted by Gasteiger charge is 2.23. The average Bonchev–Trinajstić information content (AvgIpc) is 2.81. The van der Waals surface area contributed by atoms with E-state index in [0.717, 1.165) is 5.56 Å². The van der Waals surface area contributed by atoms with Gasteiger partial charge in [0, 0.05) is 16.8 Å². The summed E-state index contributed by atoms with van der Waals surface area (Å²) in [6.45, 7) is 5.00. The third-order valence-corrected chi connectivity index (χ3v) is 5.29. The van der Waals surface area contributed by atoms with Crippen LogP contribution in [-0.4, -0.2) is 17.8 Å². The Morgan fingerprint density at radius 3 is 2.27 bits per heavy atom. The number of ether oxygens (including phenoxy) is 1. The molecular weight excluding hydrogens is 418 g/mol. The summed E-state index contributed by atoms with van der Waals surface area (Å²) in [6, 6.07) is 21.0. The minimum Gasteiger partial charge on any atom is -0.473 e. The summed E-state index contributed by atoms with van der Waals surface area (Å²) in [4.78, 5) is 37.5. The molecule has 6 nitrogen and oxygen atoms in total. The van der Waals surface area contributed by atoms with Gasteiger partial charge in [-0.2, -0.15) is 0 Å². The molecule has 4 rings (SSSR count). The molecule has 0 saturated carbocycles. The molecule has 1 N–H and O–H groups in total. The standard InChI is InChI=1S/C27H23NO5/c1-16-8-10-20(11-9-16)25-26(24(30)22-6-4-5-7-23(22)33-25)32-18(3)27(31)28-21-14-12-19(13-15-21)17(2)29/h4-15,18H,1-3H3,(H,28,31). The molecule has 1 unspecified atom stereocenters. The third kappa shape index (κ3) is 4.70. The second-order valence-electron chi connectivity index (χ2n) is 7.83. The van der Waals surface area contributed by atoms with Crippen molar-refractivity contribution in [1.82, 2.24) is 0 Å². The predicted octanol–water partition coefficient (Wildman–Crippen LogP) is 5.38. The lowest BCUT2D eigenvalue weighted by Crippen LogP contribution is -2.31. The SMILES string of the molecule is CC(=O)c1ccc(NC(=O)C(C)Oc2c(-c3ccc(C)cc3)oc3ccccc3c2=O)cc1. The number of para-hydroxylation sites is 1. The lowest BCUT2D eigenvalue weighted by molar-refractivity contribution is -0.122. The van der Waals surface area contributed by atoms with Crippen LogP contribution in [0.3, 0.4) is 0 Å². The molecule has 1 aromatic heterocycles. The number of rotatable bonds is 6. The quantitative estimate of drug-likeness (QED) is 0.406. The highest BCUT2D eigenvalue weighted by Crippen LogP contribution is 2.31. The summed E-state index contributed by atoms with van der Waals surface area (Å²) in [6.07, 6.45) is -0.981. The van der Waals surface area contributed by atoms with E-state index in [2.05, 4.69) is 5.32 Å². The fourth-order valence-corrected chi connectivity index (χ4v) is 3.39. The molecular formula is C27H23NO5. The third-order valence-electron chi connectivity index (χ3n) is 5.29. The zero-order chi connectivity index (χ0) is 23.5. The first kappa shape index (κ1) is 22.0. The normalized spacial score (nSPS) is 11.7. The number of aryl methyl sites for hydroxylation is 1. The lowest BCUT2D eigenvalue weighted by Gasteiger charge is -2.17. The van der Waals surface area contributed by atoms with E-state index in [4.69, 9.17) is 9.15 Å². The molecule has 0 bridgehead atoms. The first-order valence-electron chi connectivity index (χ1n) is 10.5. The van der Waals surface area contributed by atoms with E-state index >= 15 is 0 Å². The van der Waals surface area contributed by atoms with Crippen molar-refractivity contribution in [3.63, 3.8) is 0 Å². The van der Waals surface area contributed by atoms with Gasteiger partial charge in [-0.05, 0) is 57.2 Å². The van der Waals surface area contributed by atoms with E-state index < -0.39 is 12.0 Å². The van der Waals surface area contributed by atoms with Gasteiger partial charge in [0.1, 0.15) is 5.58 Å². The van der Waals surface area contributed by atoms with E-state index in [1.165, 1.54) is 6.92 Å². The Balaban J connectivity index is 1.66. The Kier molecular flexibility index (Phi) is 6.09. The molecule has 33 heavy (non-hydrogen) atoms. The molecule has 0 aliphatic rings. The van der Waals surface area contributed by atoms with E-state index in [1.54, 1.807) is 55.5 Å². The number of hydrogen-bond donors (Lipinski definition) is 1. The van der Waals surface area contributed by atoms with Gasteiger partial charge in [-0.25, -0.2) is 0 Å². The van der Waals surface area contributed by atoms with Crippen LogP contribution < -0.4 is 15.5 Å². The Bertz CT molecular complexity index is 1390. The molecule has 1 amide bonds. The zero-order valence-electron chi connectivity index (χ0n) is 18.5. The minimum absolute atomic E-state index is 0.0212. The molecule has 0 aliphatic carbocycles. The van der Waals surface area contributed by atoms with Crippen LogP contribution in [0.1, 0.15) is 29.8 Å². The van der Waals surface area contributed by atoms with Crippen LogP contribution in [0.25, 0.3) is 22.3 Å². The van der Waals surface area contributed by atoms with Crippen LogP contribution in [-0.2, 0) is 4.79 Å².